The fraction of sp³-hybridized carbons (Fsp3) is 0.450. The number of Topliss-reactive ketones (excluding diaryl/α,β-unsaturated/α-hetero) is 1. The van der Waals surface area contributed by atoms with E-state index in [4.69, 9.17) is 0 Å². The second-order valence-electron chi connectivity index (χ2n) is 7.39. The number of benzene rings is 1. The standard InChI is InChI=1S/C20H21F3N2O2/c1-11(2)15(12-5-7-14(8-6-12)20(21,22)23)9-17(26)16-10-18(27)25-19(24-16)13-3-4-13/h5-8,10-11,13,15H,3-4,9H2,1-2H3,(H,24,25,27)/t15-/m1/s1. The van der Waals surface area contributed by atoms with E-state index in [9.17, 15) is 22.8 Å². The van der Waals surface area contributed by atoms with Gasteiger partial charge >= 0.3 is 6.18 Å². The Hall–Kier alpha value is -2.44. The third-order valence-electron chi connectivity index (χ3n) is 4.89. The predicted octanol–water partition coefficient (Wildman–Crippen LogP) is 4.68. The fourth-order valence-electron chi connectivity index (χ4n) is 3.13. The fourth-order valence-corrected chi connectivity index (χ4v) is 3.13. The van der Waals surface area contributed by atoms with E-state index in [1.54, 1.807) is 0 Å². The van der Waals surface area contributed by atoms with E-state index in [2.05, 4.69) is 9.97 Å². The highest BCUT2D eigenvalue weighted by atomic mass is 19.4. The number of ketones is 1. The first-order chi connectivity index (χ1) is 12.6. The molecule has 1 aromatic heterocycles. The maximum Gasteiger partial charge on any atom is 0.416 e. The van der Waals surface area contributed by atoms with Gasteiger partial charge in [0.25, 0.3) is 5.56 Å². The summed E-state index contributed by atoms with van der Waals surface area (Å²) in [6.07, 6.45) is -2.42. The van der Waals surface area contributed by atoms with Crippen molar-refractivity contribution in [2.45, 2.75) is 51.1 Å². The maximum absolute atomic E-state index is 12.8. The molecular weight excluding hydrogens is 357 g/mol. The zero-order valence-corrected chi connectivity index (χ0v) is 15.1. The van der Waals surface area contributed by atoms with Crippen LogP contribution < -0.4 is 5.56 Å². The quantitative estimate of drug-likeness (QED) is 0.743. The van der Waals surface area contributed by atoms with Gasteiger partial charge in [0.15, 0.2) is 5.78 Å². The van der Waals surface area contributed by atoms with Crippen LogP contribution in [0.2, 0.25) is 0 Å². The molecule has 0 aliphatic heterocycles. The number of alkyl halides is 3. The molecule has 1 saturated carbocycles. The Morgan fingerprint density at radius 2 is 1.85 bits per heavy atom. The van der Waals surface area contributed by atoms with Crippen molar-refractivity contribution >= 4 is 5.78 Å². The van der Waals surface area contributed by atoms with Gasteiger partial charge in [0.2, 0.25) is 0 Å². The van der Waals surface area contributed by atoms with Gasteiger partial charge in [0.05, 0.1) is 5.56 Å². The van der Waals surface area contributed by atoms with Gasteiger partial charge in [0.1, 0.15) is 11.5 Å². The minimum atomic E-state index is -4.39. The maximum atomic E-state index is 12.8. The summed E-state index contributed by atoms with van der Waals surface area (Å²) in [5.41, 5.74) is -0.284. The SMILES string of the molecule is CC(C)[C@@H](CC(=O)c1cc(=O)[nH]c(C2CC2)n1)c1ccc(C(F)(F)F)cc1. The molecule has 0 unspecified atom stereocenters. The van der Waals surface area contributed by atoms with E-state index in [0.717, 1.165) is 25.0 Å². The van der Waals surface area contributed by atoms with Crippen molar-refractivity contribution < 1.29 is 18.0 Å². The third-order valence-corrected chi connectivity index (χ3v) is 4.89. The molecule has 7 heteroatoms. The van der Waals surface area contributed by atoms with Crippen LogP contribution >= 0.6 is 0 Å². The Morgan fingerprint density at radius 3 is 2.37 bits per heavy atom. The van der Waals surface area contributed by atoms with Crippen molar-refractivity contribution in [3.05, 3.63) is 63.3 Å². The summed E-state index contributed by atoms with van der Waals surface area (Å²) < 4.78 is 38.3. The van der Waals surface area contributed by atoms with Crippen LogP contribution in [-0.2, 0) is 6.18 Å². The zero-order chi connectivity index (χ0) is 19.8. The molecule has 0 saturated heterocycles. The molecule has 0 radical (unpaired) electrons. The molecule has 1 aliphatic rings. The van der Waals surface area contributed by atoms with Crippen molar-refractivity contribution in [3.63, 3.8) is 0 Å². The van der Waals surface area contributed by atoms with Crippen LogP contribution in [0.15, 0.2) is 35.1 Å². The number of H-pyrrole nitrogens is 1. The first-order valence-corrected chi connectivity index (χ1v) is 8.96. The summed E-state index contributed by atoms with van der Waals surface area (Å²) in [6, 6.07) is 6.10. The van der Waals surface area contributed by atoms with E-state index < -0.39 is 11.7 Å². The lowest BCUT2D eigenvalue weighted by Gasteiger charge is -2.21. The van der Waals surface area contributed by atoms with E-state index in [1.165, 1.54) is 18.2 Å². The summed E-state index contributed by atoms with van der Waals surface area (Å²) in [5, 5.41) is 0. The molecule has 0 spiro atoms. The first kappa shape index (κ1) is 19.3. The van der Waals surface area contributed by atoms with Crippen LogP contribution in [-0.4, -0.2) is 15.8 Å². The average Bonchev–Trinajstić information content (AvgIpc) is 3.43. The number of hydrogen-bond donors (Lipinski definition) is 1. The van der Waals surface area contributed by atoms with Crippen molar-refractivity contribution in [3.8, 4) is 0 Å². The molecule has 144 valence electrons. The summed E-state index contributed by atoms with van der Waals surface area (Å²) >= 11 is 0. The van der Waals surface area contributed by atoms with E-state index >= 15 is 0 Å². The largest absolute Gasteiger partial charge is 0.416 e. The second-order valence-corrected chi connectivity index (χ2v) is 7.39. The van der Waals surface area contributed by atoms with Gasteiger partial charge in [-0.1, -0.05) is 26.0 Å². The number of nitrogens with zero attached hydrogens (tertiary/aromatic N) is 1. The lowest BCUT2D eigenvalue weighted by molar-refractivity contribution is -0.137. The van der Waals surface area contributed by atoms with Crippen molar-refractivity contribution in [2.24, 2.45) is 5.92 Å². The predicted molar refractivity (Wildman–Crippen MR) is 94.8 cm³/mol. The summed E-state index contributed by atoms with van der Waals surface area (Å²) in [7, 11) is 0. The van der Waals surface area contributed by atoms with Gasteiger partial charge in [0, 0.05) is 18.4 Å². The molecule has 0 bridgehead atoms. The normalized spacial score (nSPS) is 15.8. The van der Waals surface area contributed by atoms with Crippen molar-refractivity contribution in [1.82, 2.24) is 9.97 Å². The number of carbonyl (C=O) groups excluding carboxylic acids is 1. The monoisotopic (exact) mass is 378 g/mol. The molecule has 3 rings (SSSR count). The van der Waals surface area contributed by atoms with E-state index in [0.29, 0.717) is 11.4 Å². The number of hydrogen-bond acceptors (Lipinski definition) is 3. The minimum absolute atomic E-state index is 0.0376. The van der Waals surface area contributed by atoms with Gasteiger partial charge in [-0.25, -0.2) is 4.98 Å². The molecule has 1 fully saturated rings. The zero-order valence-electron chi connectivity index (χ0n) is 15.1. The molecule has 1 atom stereocenters. The number of aromatic nitrogens is 2. The molecular formula is C20H21F3N2O2. The Morgan fingerprint density at radius 1 is 1.22 bits per heavy atom. The van der Waals surface area contributed by atoms with Crippen LogP contribution in [0, 0.1) is 5.92 Å². The van der Waals surface area contributed by atoms with Crippen LogP contribution in [0.1, 0.15) is 72.4 Å². The lowest BCUT2D eigenvalue weighted by atomic mass is 9.83. The number of carbonyl (C=O) groups is 1. The summed E-state index contributed by atoms with van der Waals surface area (Å²) in [4.78, 5) is 31.5. The first-order valence-electron chi connectivity index (χ1n) is 8.96. The highest BCUT2D eigenvalue weighted by Gasteiger charge is 2.31. The summed E-state index contributed by atoms with van der Waals surface area (Å²) in [5.74, 6) is 0.255. The molecule has 27 heavy (non-hydrogen) atoms. The number of halogens is 3. The van der Waals surface area contributed by atoms with Gasteiger partial charge < -0.3 is 4.98 Å². The molecule has 4 nitrogen and oxygen atoms in total. The van der Waals surface area contributed by atoms with Gasteiger partial charge in [-0.15, -0.1) is 0 Å². The van der Waals surface area contributed by atoms with Crippen LogP contribution in [0.25, 0.3) is 0 Å². The third kappa shape index (κ3) is 4.64. The highest BCUT2D eigenvalue weighted by molar-refractivity contribution is 5.94. The number of rotatable bonds is 6. The highest BCUT2D eigenvalue weighted by Crippen LogP contribution is 2.38. The van der Waals surface area contributed by atoms with Crippen LogP contribution in [0.5, 0.6) is 0 Å². The Bertz CT molecular complexity index is 881. The molecule has 2 aromatic rings. The van der Waals surface area contributed by atoms with E-state index in [-0.39, 0.29) is 41.2 Å². The van der Waals surface area contributed by atoms with Crippen LogP contribution in [0.4, 0.5) is 13.2 Å². The Balaban J connectivity index is 1.82. The van der Waals surface area contributed by atoms with Gasteiger partial charge in [-0.05, 0) is 42.4 Å². The Labute approximate surface area is 154 Å². The summed E-state index contributed by atoms with van der Waals surface area (Å²) in [6.45, 7) is 3.83. The lowest BCUT2D eigenvalue weighted by Crippen LogP contribution is -2.19. The molecule has 1 heterocycles. The van der Waals surface area contributed by atoms with Gasteiger partial charge in [-0.3, -0.25) is 9.59 Å². The molecule has 1 aliphatic carbocycles. The smallest absolute Gasteiger partial charge is 0.310 e. The van der Waals surface area contributed by atoms with Crippen molar-refractivity contribution in [1.29, 1.82) is 0 Å². The molecule has 0 amide bonds. The number of aromatic amines is 1. The average molecular weight is 378 g/mol. The topological polar surface area (TPSA) is 62.8 Å². The van der Waals surface area contributed by atoms with Crippen molar-refractivity contribution in [2.75, 3.05) is 0 Å². The molecule has 1 N–H and O–H groups in total. The Kier molecular flexibility index (Phi) is 5.22. The molecule has 1 aromatic carbocycles. The van der Waals surface area contributed by atoms with E-state index in [1.807, 2.05) is 13.8 Å². The van der Waals surface area contributed by atoms with Crippen LogP contribution in [0.3, 0.4) is 0 Å². The minimum Gasteiger partial charge on any atom is -0.310 e. The van der Waals surface area contributed by atoms with Gasteiger partial charge in [-0.2, -0.15) is 13.2 Å². The number of nitrogens with one attached hydrogen (secondary N) is 1. The second kappa shape index (κ2) is 7.29.